The van der Waals surface area contributed by atoms with E-state index in [0.717, 1.165) is 11.1 Å². The molecule has 0 amide bonds. The molecule has 0 aromatic heterocycles. The molecule has 2 N–H and O–H groups in total. The summed E-state index contributed by atoms with van der Waals surface area (Å²) in [6.07, 6.45) is 0. The molecule has 0 bridgehead atoms. The molecule has 0 aliphatic carbocycles. The molecule has 6 nitrogen and oxygen atoms in total. The van der Waals surface area contributed by atoms with E-state index in [1.807, 2.05) is 18.2 Å². The van der Waals surface area contributed by atoms with Gasteiger partial charge in [0, 0.05) is 32.8 Å². The van der Waals surface area contributed by atoms with Crippen LogP contribution in [0.15, 0.2) is 41.4 Å². The van der Waals surface area contributed by atoms with Gasteiger partial charge in [-0.15, -0.1) is 24.0 Å². The Balaban J connectivity index is 0.00000392. The van der Waals surface area contributed by atoms with E-state index in [0.29, 0.717) is 36.1 Å². The van der Waals surface area contributed by atoms with E-state index < -0.39 is 0 Å². The summed E-state index contributed by atoms with van der Waals surface area (Å²) in [4.78, 5) is 4.21. The summed E-state index contributed by atoms with van der Waals surface area (Å²) in [6.45, 7) is 1.33. The molecule has 0 saturated carbocycles. The van der Waals surface area contributed by atoms with Gasteiger partial charge in [0.2, 0.25) is 0 Å². The van der Waals surface area contributed by atoms with E-state index in [1.165, 1.54) is 6.07 Å². The lowest BCUT2D eigenvalue weighted by Gasteiger charge is -2.14. The minimum Gasteiger partial charge on any atom is -0.493 e. The second-order valence-corrected chi connectivity index (χ2v) is 5.83. The molecular weight excluding hydrogens is 476 g/mol. The van der Waals surface area contributed by atoms with E-state index in [-0.39, 0.29) is 36.4 Å². The zero-order valence-corrected chi connectivity index (χ0v) is 18.9. The Labute approximate surface area is 182 Å². The normalized spacial score (nSPS) is 10.8. The molecule has 2 aromatic rings. The number of benzene rings is 2. The summed E-state index contributed by atoms with van der Waals surface area (Å²) in [6, 6.07) is 10.7. The maximum absolute atomic E-state index is 13.7. The topological polar surface area (TPSA) is 64.1 Å². The van der Waals surface area contributed by atoms with Gasteiger partial charge in [-0.1, -0.05) is 12.1 Å². The summed E-state index contributed by atoms with van der Waals surface area (Å²) in [7, 11) is 6.46. The molecule has 0 aliphatic heterocycles. The standard InChI is InChI=1S/C20H26FN3O3.HI/c1-22-20(23-11-14-5-7-17(21)16(9-14)13-25-2)24-12-15-6-8-18(26-3)19(10-15)27-4;/h5-10H,11-13H2,1-4H3,(H2,22,23,24);1H. The third-order valence-corrected chi connectivity index (χ3v) is 4.00. The zero-order valence-electron chi connectivity index (χ0n) is 16.5. The van der Waals surface area contributed by atoms with Crippen LogP contribution in [0.5, 0.6) is 11.5 Å². The molecule has 154 valence electrons. The fraction of sp³-hybridized carbons (Fsp3) is 0.350. The Hall–Kier alpha value is -2.07. The minimum atomic E-state index is -0.267. The van der Waals surface area contributed by atoms with Gasteiger partial charge in [-0.3, -0.25) is 4.99 Å². The van der Waals surface area contributed by atoms with Crippen LogP contribution in [0, 0.1) is 5.82 Å². The average Bonchev–Trinajstić information content (AvgIpc) is 2.70. The Morgan fingerprint density at radius 3 is 2.11 bits per heavy atom. The van der Waals surface area contributed by atoms with Gasteiger partial charge in [0.1, 0.15) is 5.82 Å². The van der Waals surface area contributed by atoms with E-state index >= 15 is 0 Å². The number of ether oxygens (including phenoxy) is 3. The van der Waals surface area contributed by atoms with Crippen molar-refractivity contribution in [3.8, 4) is 11.5 Å². The molecule has 0 spiro atoms. The van der Waals surface area contributed by atoms with Crippen LogP contribution in [0.1, 0.15) is 16.7 Å². The predicted octanol–water partition coefficient (Wildman–Crippen LogP) is 3.47. The largest absolute Gasteiger partial charge is 0.493 e. The van der Waals surface area contributed by atoms with Crippen molar-refractivity contribution in [1.29, 1.82) is 0 Å². The van der Waals surface area contributed by atoms with E-state index in [4.69, 9.17) is 14.2 Å². The number of nitrogens with zero attached hydrogens (tertiary/aromatic N) is 1. The monoisotopic (exact) mass is 503 g/mol. The Morgan fingerprint density at radius 1 is 0.929 bits per heavy atom. The van der Waals surface area contributed by atoms with Crippen LogP contribution in [0.2, 0.25) is 0 Å². The number of nitrogens with one attached hydrogen (secondary N) is 2. The van der Waals surface area contributed by atoms with Crippen LogP contribution >= 0.6 is 24.0 Å². The van der Waals surface area contributed by atoms with Crippen molar-refractivity contribution in [2.75, 3.05) is 28.4 Å². The molecule has 0 aliphatic rings. The molecule has 8 heteroatoms. The van der Waals surface area contributed by atoms with Crippen LogP contribution in [0.3, 0.4) is 0 Å². The summed E-state index contributed by atoms with van der Waals surface area (Å²) >= 11 is 0. The van der Waals surface area contributed by atoms with Crippen molar-refractivity contribution in [1.82, 2.24) is 10.6 Å². The van der Waals surface area contributed by atoms with Crippen LogP contribution in [0.25, 0.3) is 0 Å². The molecule has 0 saturated heterocycles. The predicted molar refractivity (Wildman–Crippen MR) is 119 cm³/mol. The third kappa shape index (κ3) is 6.83. The summed E-state index contributed by atoms with van der Waals surface area (Å²) in [5.41, 5.74) is 2.50. The number of aliphatic imine (C=N–C) groups is 1. The van der Waals surface area contributed by atoms with Gasteiger partial charge in [0.25, 0.3) is 0 Å². The highest BCUT2D eigenvalue weighted by Crippen LogP contribution is 2.27. The van der Waals surface area contributed by atoms with E-state index in [9.17, 15) is 4.39 Å². The smallest absolute Gasteiger partial charge is 0.191 e. The number of methoxy groups -OCH3 is 3. The number of guanidine groups is 1. The van der Waals surface area contributed by atoms with Crippen LogP contribution in [0.4, 0.5) is 4.39 Å². The summed E-state index contributed by atoms with van der Waals surface area (Å²) in [5.74, 6) is 1.74. The highest BCUT2D eigenvalue weighted by atomic mass is 127. The highest BCUT2D eigenvalue weighted by Gasteiger charge is 2.07. The highest BCUT2D eigenvalue weighted by molar-refractivity contribution is 14.0. The van der Waals surface area contributed by atoms with Gasteiger partial charge in [-0.2, -0.15) is 0 Å². The van der Waals surface area contributed by atoms with Gasteiger partial charge in [-0.05, 0) is 35.4 Å². The maximum atomic E-state index is 13.7. The first-order valence-corrected chi connectivity index (χ1v) is 8.53. The number of hydrogen-bond donors (Lipinski definition) is 2. The Morgan fingerprint density at radius 2 is 1.54 bits per heavy atom. The van der Waals surface area contributed by atoms with E-state index in [2.05, 4.69) is 15.6 Å². The third-order valence-electron chi connectivity index (χ3n) is 4.00. The van der Waals surface area contributed by atoms with Gasteiger partial charge in [0.05, 0.1) is 20.8 Å². The van der Waals surface area contributed by atoms with Gasteiger partial charge in [0.15, 0.2) is 17.5 Å². The first-order chi connectivity index (χ1) is 13.1. The van der Waals surface area contributed by atoms with Crippen molar-refractivity contribution in [2.45, 2.75) is 19.7 Å². The lowest BCUT2D eigenvalue weighted by atomic mass is 10.1. The van der Waals surface area contributed by atoms with Crippen LogP contribution < -0.4 is 20.1 Å². The van der Waals surface area contributed by atoms with E-state index in [1.54, 1.807) is 40.5 Å². The second-order valence-electron chi connectivity index (χ2n) is 5.83. The van der Waals surface area contributed by atoms with Crippen molar-refractivity contribution in [2.24, 2.45) is 4.99 Å². The van der Waals surface area contributed by atoms with Gasteiger partial charge >= 0.3 is 0 Å². The maximum Gasteiger partial charge on any atom is 0.191 e. The van der Waals surface area contributed by atoms with Crippen molar-refractivity contribution in [3.05, 3.63) is 58.9 Å². The first kappa shape index (κ1) is 24.0. The fourth-order valence-electron chi connectivity index (χ4n) is 2.59. The van der Waals surface area contributed by atoms with Crippen LogP contribution in [-0.4, -0.2) is 34.3 Å². The quantitative estimate of drug-likeness (QED) is 0.328. The summed E-state index contributed by atoms with van der Waals surface area (Å²) in [5, 5.41) is 6.46. The molecule has 0 fully saturated rings. The minimum absolute atomic E-state index is 0. The van der Waals surface area contributed by atoms with Crippen molar-refractivity contribution in [3.63, 3.8) is 0 Å². The lowest BCUT2D eigenvalue weighted by Crippen LogP contribution is -2.36. The summed E-state index contributed by atoms with van der Waals surface area (Å²) < 4.78 is 29.3. The number of halogens is 2. The SMILES string of the molecule is CN=C(NCc1ccc(F)c(COC)c1)NCc1ccc(OC)c(OC)c1.I. The number of hydrogen-bond acceptors (Lipinski definition) is 4. The fourth-order valence-corrected chi connectivity index (χ4v) is 2.59. The molecule has 28 heavy (non-hydrogen) atoms. The Kier molecular flexibility index (Phi) is 10.6. The number of rotatable bonds is 8. The lowest BCUT2D eigenvalue weighted by molar-refractivity contribution is 0.181. The molecule has 0 heterocycles. The Bertz CT molecular complexity index is 787. The molecule has 0 unspecified atom stereocenters. The van der Waals surface area contributed by atoms with Crippen molar-refractivity contribution < 1.29 is 18.6 Å². The molecule has 2 rings (SSSR count). The first-order valence-electron chi connectivity index (χ1n) is 8.53. The molecule has 0 atom stereocenters. The van der Waals surface area contributed by atoms with Gasteiger partial charge < -0.3 is 24.8 Å². The van der Waals surface area contributed by atoms with Crippen molar-refractivity contribution >= 4 is 29.9 Å². The van der Waals surface area contributed by atoms with Gasteiger partial charge in [-0.25, -0.2) is 4.39 Å². The zero-order chi connectivity index (χ0) is 19.6. The molecular formula is C20H27FIN3O3. The molecule has 2 aromatic carbocycles. The molecule has 0 radical (unpaired) electrons. The van der Waals surface area contributed by atoms with Crippen LogP contribution in [-0.2, 0) is 24.4 Å². The second kappa shape index (κ2) is 12.4. The average molecular weight is 503 g/mol.